The van der Waals surface area contributed by atoms with E-state index in [1.807, 2.05) is 0 Å². The molecule has 1 aromatic carbocycles. The van der Waals surface area contributed by atoms with Crippen molar-refractivity contribution in [3.63, 3.8) is 0 Å². The molecule has 30 heavy (non-hydrogen) atoms. The van der Waals surface area contributed by atoms with Crippen molar-refractivity contribution in [1.29, 1.82) is 0 Å². The Morgan fingerprint density at radius 2 is 2.00 bits per heavy atom. The van der Waals surface area contributed by atoms with Gasteiger partial charge in [-0.15, -0.1) is 0 Å². The van der Waals surface area contributed by atoms with Crippen LogP contribution in [0.1, 0.15) is 66.7 Å². The Kier molecular flexibility index (Phi) is 7.86. The quantitative estimate of drug-likeness (QED) is 0.438. The first-order valence-corrected chi connectivity index (χ1v) is 11.2. The van der Waals surface area contributed by atoms with Crippen LogP contribution < -0.4 is 0 Å². The second-order valence-electron chi connectivity index (χ2n) is 8.19. The van der Waals surface area contributed by atoms with E-state index in [0.29, 0.717) is 6.04 Å². The Morgan fingerprint density at radius 3 is 2.70 bits per heavy atom. The number of aryl methyl sites for hydroxylation is 2. The van der Waals surface area contributed by atoms with E-state index in [2.05, 4.69) is 59.4 Å². The molecule has 1 unspecified atom stereocenters. The molecule has 0 spiro atoms. The molecule has 2 aromatic rings. The van der Waals surface area contributed by atoms with Crippen LogP contribution in [0, 0.1) is 13.8 Å². The Hall–Kier alpha value is -2.40. The standard InChI is InChI=1S/C25H35N3O2/c1-5-6-17-28-20(3)23(19(2)26-28)15-18-27-16-7-8-24(27)22-12-9-21(10-13-22)11-14-25(29)30-4/h9-14,24H,5-8,15-18H2,1-4H3/b14-11+. The summed E-state index contributed by atoms with van der Waals surface area (Å²) in [4.78, 5) is 13.9. The minimum atomic E-state index is -0.329. The van der Waals surface area contributed by atoms with Crippen molar-refractivity contribution in [3.8, 4) is 0 Å². The predicted octanol–water partition coefficient (Wildman–Crippen LogP) is 4.87. The number of likely N-dealkylation sites (tertiary alicyclic amines) is 1. The highest BCUT2D eigenvalue weighted by Crippen LogP contribution is 2.32. The first kappa shape index (κ1) is 22.3. The third-order valence-electron chi connectivity index (χ3n) is 6.20. The van der Waals surface area contributed by atoms with Gasteiger partial charge in [0.1, 0.15) is 0 Å². The molecule has 0 N–H and O–H groups in total. The minimum Gasteiger partial charge on any atom is -0.466 e. The minimum absolute atomic E-state index is 0.329. The number of rotatable bonds is 9. The molecule has 2 heterocycles. The maximum absolute atomic E-state index is 11.3. The van der Waals surface area contributed by atoms with Gasteiger partial charge in [0.15, 0.2) is 0 Å². The van der Waals surface area contributed by atoms with Gasteiger partial charge in [0.2, 0.25) is 0 Å². The smallest absolute Gasteiger partial charge is 0.330 e. The van der Waals surface area contributed by atoms with Crippen molar-refractivity contribution >= 4 is 12.0 Å². The molecule has 0 radical (unpaired) electrons. The van der Waals surface area contributed by atoms with Gasteiger partial charge in [-0.2, -0.15) is 5.10 Å². The third kappa shape index (κ3) is 5.39. The van der Waals surface area contributed by atoms with Crippen LogP contribution in [0.15, 0.2) is 30.3 Å². The number of ether oxygens (including phenoxy) is 1. The summed E-state index contributed by atoms with van der Waals surface area (Å²) in [5, 5.41) is 4.77. The highest BCUT2D eigenvalue weighted by molar-refractivity contribution is 5.86. The summed E-state index contributed by atoms with van der Waals surface area (Å²) in [6, 6.07) is 9.02. The van der Waals surface area contributed by atoms with E-state index in [4.69, 9.17) is 5.10 Å². The summed E-state index contributed by atoms with van der Waals surface area (Å²) in [7, 11) is 1.39. The topological polar surface area (TPSA) is 47.4 Å². The van der Waals surface area contributed by atoms with E-state index in [-0.39, 0.29) is 5.97 Å². The first-order valence-electron chi connectivity index (χ1n) is 11.2. The third-order valence-corrected chi connectivity index (χ3v) is 6.20. The van der Waals surface area contributed by atoms with Crippen LogP contribution in [0.5, 0.6) is 0 Å². The van der Waals surface area contributed by atoms with E-state index < -0.39 is 0 Å². The number of unbranched alkanes of at least 4 members (excludes halogenated alkanes) is 1. The number of carbonyl (C=O) groups excluding carboxylic acids is 1. The number of carbonyl (C=O) groups is 1. The van der Waals surface area contributed by atoms with Crippen LogP contribution in [-0.4, -0.2) is 40.8 Å². The molecular formula is C25H35N3O2. The van der Waals surface area contributed by atoms with E-state index in [9.17, 15) is 4.79 Å². The average molecular weight is 410 g/mol. The monoisotopic (exact) mass is 409 g/mol. The van der Waals surface area contributed by atoms with Crippen molar-refractivity contribution in [2.24, 2.45) is 0 Å². The van der Waals surface area contributed by atoms with Crippen molar-refractivity contribution in [1.82, 2.24) is 14.7 Å². The van der Waals surface area contributed by atoms with Gasteiger partial charge in [0.25, 0.3) is 0 Å². The zero-order valence-corrected chi connectivity index (χ0v) is 18.9. The lowest BCUT2D eigenvalue weighted by Crippen LogP contribution is -2.26. The fraction of sp³-hybridized carbons (Fsp3) is 0.520. The lowest BCUT2D eigenvalue weighted by molar-refractivity contribution is -0.134. The Bertz CT molecular complexity index is 867. The molecule has 1 atom stereocenters. The predicted molar refractivity (Wildman–Crippen MR) is 121 cm³/mol. The van der Waals surface area contributed by atoms with Crippen molar-refractivity contribution < 1.29 is 9.53 Å². The van der Waals surface area contributed by atoms with Gasteiger partial charge in [-0.05, 0) is 68.8 Å². The Labute approximate surface area is 180 Å². The van der Waals surface area contributed by atoms with Gasteiger partial charge in [-0.1, -0.05) is 37.6 Å². The molecule has 0 amide bonds. The summed E-state index contributed by atoms with van der Waals surface area (Å²) in [6.07, 6.45) is 9.13. The van der Waals surface area contributed by atoms with E-state index in [1.54, 1.807) is 6.08 Å². The molecular weight excluding hydrogens is 374 g/mol. The molecule has 162 valence electrons. The second-order valence-corrected chi connectivity index (χ2v) is 8.19. The van der Waals surface area contributed by atoms with Crippen molar-refractivity contribution in [2.75, 3.05) is 20.2 Å². The molecule has 0 bridgehead atoms. The first-order chi connectivity index (χ1) is 14.5. The van der Waals surface area contributed by atoms with Crippen molar-refractivity contribution in [2.45, 2.75) is 65.5 Å². The maximum Gasteiger partial charge on any atom is 0.330 e. The largest absolute Gasteiger partial charge is 0.466 e. The summed E-state index contributed by atoms with van der Waals surface area (Å²) < 4.78 is 6.84. The lowest BCUT2D eigenvalue weighted by Gasteiger charge is -2.25. The summed E-state index contributed by atoms with van der Waals surface area (Å²) >= 11 is 0. The fourth-order valence-electron chi connectivity index (χ4n) is 4.41. The summed E-state index contributed by atoms with van der Waals surface area (Å²) in [5.74, 6) is -0.329. The van der Waals surface area contributed by atoms with E-state index >= 15 is 0 Å². The molecule has 5 nitrogen and oxygen atoms in total. The fourth-order valence-corrected chi connectivity index (χ4v) is 4.41. The van der Waals surface area contributed by atoms with Gasteiger partial charge in [0.05, 0.1) is 12.8 Å². The molecule has 5 heteroatoms. The number of nitrogens with zero attached hydrogens (tertiary/aromatic N) is 3. The highest BCUT2D eigenvalue weighted by Gasteiger charge is 2.26. The normalized spacial score (nSPS) is 17.1. The van der Waals surface area contributed by atoms with Crippen LogP contribution in [0.3, 0.4) is 0 Å². The lowest BCUT2D eigenvalue weighted by atomic mass is 10.0. The molecule has 1 fully saturated rings. The summed E-state index contributed by atoms with van der Waals surface area (Å²) in [6.45, 7) is 9.82. The number of esters is 1. The molecule has 0 aliphatic carbocycles. The Morgan fingerprint density at radius 1 is 1.23 bits per heavy atom. The molecule has 1 aromatic heterocycles. The number of methoxy groups -OCH3 is 1. The zero-order chi connectivity index (χ0) is 21.5. The van der Waals surface area contributed by atoms with Gasteiger partial charge in [-0.25, -0.2) is 4.79 Å². The number of hydrogen-bond donors (Lipinski definition) is 0. The zero-order valence-electron chi connectivity index (χ0n) is 18.9. The SMILES string of the molecule is CCCCn1nc(C)c(CCN2CCCC2c2ccc(/C=C/C(=O)OC)cc2)c1C. The van der Waals surface area contributed by atoms with Crippen LogP contribution in [0.25, 0.3) is 6.08 Å². The van der Waals surface area contributed by atoms with Crippen molar-refractivity contribution in [3.05, 3.63) is 58.4 Å². The van der Waals surface area contributed by atoms with Crippen LogP contribution >= 0.6 is 0 Å². The number of hydrogen-bond acceptors (Lipinski definition) is 4. The molecule has 3 rings (SSSR count). The molecule has 1 saturated heterocycles. The van der Waals surface area contributed by atoms with E-state index in [1.165, 1.54) is 61.4 Å². The van der Waals surface area contributed by atoms with E-state index in [0.717, 1.165) is 31.6 Å². The number of aromatic nitrogens is 2. The molecule has 0 saturated carbocycles. The second kappa shape index (κ2) is 10.6. The van der Waals surface area contributed by atoms with Crippen LogP contribution in [0.4, 0.5) is 0 Å². The van der Waals surface area contributed by atoms with Gasteiger partial charge in [0, 0.05) is 30.9 Å². The van der Waals surface area contributed by atoms with Gasteiger partial charge in [-0.3, -0.25) is 9.58 Å². The molecule has 1 aliphatic rings. The summed E-state index contributed by atoms with van der Waals surface area (Å²) in [5.41, 5.74) is 6.30. The highest BCUT2D eigenvalue weighted by atomic mass is 16.5. The van der Waals surface area contributed by atoms with Gasteiger partial charge < -0.3 is 4.74 Å². The molecule has 1 aliphatic heterocycles. The average Bonchev–Trinajstić information content (AvgIpc) is 3.33. The maximum atomic E-state index is 11.3. The van der Waals surface area contributed by atoms with Crippen LogP contribution in [0.2, 0.25) is 0 Å². The van der Waals surface area contributed by atoms with Gasteiger partial charge >= 0.3 is 5.97 Å². The van der Waals surface area contributed by atoms with Crippen LogP contribution in [-0.2, 0) is 22.5 Å². The Balaban J connectivity index is 1.63. The number of benzene rings is 1.